The number of aryl methyl sites for hydroxylation is 2. The van der Waals surface area contributed by atoms with Crippen LogP contribution < -0.4 is 4.90 Å². The van der Waals surface area contributed by atoms with E-state index in [2.05, 4.69) is 0 Å². The molecule has 4 amide bonds. The monoisotopic (exact) mass is 734 g/mol. The Kier molecular flexibility index (Phi) is 7.52. The van der Waals surface area contributed by atoms with Gasteiger partial charge in [0.2, 0.25) is 23.6 Å². The van der Waals surface area contributed by atoms with Gasteiger partial charge in [0, 0.05) is 22.8 Å². The molecule has 3 fully saturated rings. The Bertz CT molecular complexity index is 2380. The SMILES string of the molecule is Cc1c(-c2cc(N3C(=O)C4CC5C(=CCC6C(=O)N(Cc7ccccc7)C(=O)C65)C(c5ccc(CO)o5)C4(C)C3=O)n(C)n2)sc2ccc(Cl)cc12. The van der Waals surface area contributed by atoms with Gasteiger partial charge in [-0.15, -0.1) is 11.3 Å². The first-order chi connectivity index (χ1) is 25.0. The number of aliphatic hydroxyl groups is 1. The third-order valence-electron chi connectivity index (χ3n) is 11.9. The standard InChI is InChI=1S/C40H35ClN4O6S/c1-20-26-15-22(41)9-14-31(26)52-35(20)29-17-32(43(3)42-29)45-37(48)28-16-27-24(34(40(28,2)39(45)50)30-13-10-23(19-46)51-30)11-12-25-33(27)38(49)44(36(25)47)18-21-7-5-4-6-8-21/h4-11,13-15,17,25,27-28,33-34,46H,12,16,18-19H2,1-3H3. The summed E-state index contributed by atoms with van der Waals surface area (Å²) >= 11 is 7.87. The molecule has 2 aliphatic carbocycles. The zero-order valence-electron chi connectivity index (χ0n) is 28.7. The number of allylic oxidation sites excluding steroid dienone is 2. The summed E-state index contributed by atoms with van der Waals surface area (Å²) in [6.45, 7) is 3.67. The molecule has 1 N–H and O–H groups in total. The summed E-state index contributed by atoms with van der Waals surface area (Å²) < 4.78 is 8.77. The van der Waals surface area contributed by atoms with Crippen molar-refractivity contribution in [2.75, 3.05) is 4.90 Å². The van der Waals surface area contributed by atoms with Gasteiger partial charge in [-0.05, 0) is 79.5 Å². The van der Waals surface area contributed by atoms with Gasteiger partial charge in [-0.2, -0.15) is 5.10 Å². The average Bonchev–Trinajstić information content (AvgIpc) is 3.93. The molecular weight excluding hydrogens is 700 g/mol. The second kappa shape index (κ2) is 11.8. The Morgan fingerprint density at radius 1 is 1.00 bits per heavy atom. The Hall–Kier alpha value is -4.84. The van der Waals surface area contributed by atoms with Crippen LogP contribution in [0.15, 0.2) is 82.8 Å². The van der Waals surface area contributed by atoms with E-state index >= 15 is 0 Å². The summed E-state index contributed by atoms with van der Waals surface area (Å²) in [4.78, 5) is 61.3. The number of aromatic nitrogens is 2. The molecule has 0 spiro atoms. The molecule has 0 radical (unpaired) electrons. The minimum absolute atomic E-state index is 0.177. The quantitative estimate of drug-likeness (QED) is 0.151. The fourth-order valence-electron chi connectivity index (χ4n) is 9.37. The van der Waals surface area contributed by atoms with E-state index in [1.54, 1.807) is 41.3 Å². The van der Waals surface area contributed by atoms with Gasteiger partial charge in [-0.1, -0.05) is 53.6 Å². The smallest absolute Gasteiger partial charge is 0.242 e. The van der Waals surface area contributed by atoms with Gasteiger partial charge >= 0.3 is 0 Å². The zero-order chi connectivity index (χ0) is 36.2. The van der Waals surface area contributed by atoms with E-state index in [1.165, 1.54) is 9.80 Å². The van der Waals surface area contributed by atoms with E-state index in [0.717, 1.165) is 31.7 Å². The van der Waals surface area contributed by atoms with Crippen molar-refractivity contribution in [1.82, 2.24) is 14.7 Å². The predicted molar refractivity (Wildman–Crippen MR) is 195 cm³/mol. The summed E-state index contributed by atoms with van der Waals surface area (Å²) in [7, 11) is 1.72. The number of thiophene rings is 1. The summed E-state index contributed by atoms with van der Waals surface area (Å²) in [6.07, 6.45) is 2.57. The van der Waals surface area contributed by atoms with E-state index in [-0.39, 0.29) is 43.2 Å². The average molecular weight is 735 g/mol. The van der Waals surface area contributed by atoms with Crippen LogP contribution in [0.4, 0.5) is 5.82 Å². The molecule has 5 aromatic rings. The number of amides is 4. The van der Waals surface area contributed by atoms with Gasteiger partial charge in [0.05, 0.1) is 40.5 Å². The number of rotatable bonds is 6. The second-order valence-electron chi connectivity index (χ2n) is 14.6. The van der Waals surface area contributed by atoms with E-state index < -0.39 is 35.0 Å². The number of carbonyl (C=O) groups excluding carboxylic acids is 4. The number of imide groups is 2. The number of benzene rings is 2. The van der Waals surface area contributed by atoms with Crippen LogP contribution in [0.5, 0.6) is 0 Å². The highest BCUT2D eigenvalue weighted by Crippen LogP contribution is 2.64. The van der Waals surface area contributed by atoms with Gasteiger partial charge < -0.3 is 9.52 Å². The maximum absolute atomic E-state index is 15.0. The summed E-state index contributed by atoms with van der Waals surface area (Å²) in [6, 6.07) is 20.4. The van der Waals surface area contributed by atoms with Crippen LogP contribution in [-0.2, 0) is 39.4 Å². The number of hydrogen-bond donors (Lipinski definition) is 1. The van der Waals surface area contributed by atoms with Crippen molar-refractivity contribution in [3.05, 3.63) is 106 Å². The molecule has 2 aliphatic heterocycles. The lowest BCUT2D eigenvalue weighted by Gasteiger charge is -2.48. The summed E-state index contributed by atoms with van der Waals surface area (Å²) in [5, 5.41) is 16.4. The largest absolute Gasteiger partial charge is 0.463 e. The third-order valence-corrected chi connectivity index (χ3v) is 13.4. The van der Waals surface area contributed by atoms with E-state index in [1.807, 2.05) is 68.5 Å². The van der Waals surface area contributed by atoms with Crippen molar-refractivity contribution >= 4 is 62.5 Å². The van der Waals surface area contributed by atoms with Gasteiger partial charge in [-0.25, -0.2) is 4.90 Å². The first-order valence-corrected chi connectivity index (χ1v) is 18.6. The number of carbonyl (C=O) groups is 4. The van der Waals surface area contributed by atoms with Crippen LogP contribution >= 0.6 is 22.9 Å². The molecule has 2 saturated heterocycles. The Morgan fingerprint density at radius 2 is 1.79 bits per heavy atom. The third kappa shape index (κ3) is 4.61. The van der Waals surface area contributed by atoms with Crippen LogP contribution in [0, 0.1) is 36.0 Å². The van der Waals surface area contributed by atoms with E-state index in [4.69, 9.17) is 21.1 Å². The Balaban J connectivity index is 1.12. The number of fused-ring (bicyclic) bond motifs is 5. The lowest BCUT2D eigenvalue weighted by Crippen LogP contribution is -2.48. The molecule has 9 rings (SSSR count). The normalized spacial score (nSPS) is 27.0. The van der Waals surface area contributed by atoms with E-state index in [0.29, 0.717) is 34.5 Å². The number of anilines is 1. The molecule has 0 bridgehead atoms. The molecule has 2 aromatic carbocycles. The van der Waals surface area contributed by atoms with Crippen molar-refractivity contribution in [2.24, 2.45) is 36.1 Å². The van der Waals surface area contributed by atoms with Crippen LogP contribution in [0.3, 0.4) is 0 Å². The minimum Gasteiger partial charge on any atom is -0.463 e. The second-order valence-corrected chi connectivity index (χ2v) is 16.1. The molecule has 6 atom stereocenters. The molecule has 12 heteroatoms. The van der Waals surface area contributed by atoms with Gasteiger partial charge in [-0.3, -0.25) is 28.8 Å². The number of aliphatic hydroxyl groups excluding tert-OH is 1. The Morgan fingerprint density at radius 3 is 2.54 bits per heavy atom. The van der Waals surface area contributed by atoms with Crippen molar-refractivity contribution in [1.29, 1.82) is 0 Å². The molecule has 52 heavy (non-hydrogen) atoms. The number of halogens is 1. The molecule has 6 unspecified atom stereocenters. The maximum Gasteiger partial charge on any atom is 0.242 e. The minimum atomic E-state index is -1.28. The summed E-state index contributed by atoms with van der Waals surface area (Å²) in [5.41, 5.74) is 2.05. The van der Waals surface area contributed by atoms with Gasteiger partial charge in [0.1, 0.15) is 29.6 Å². The molecule has 1 saturated carbocycles. The van der Waals surface area contributed by atoms with Crippen molar-refractivity contribution in [2.45, 2.75) is 45.8 Å². The maximum atomic E-state index is 15.0. The predicted octanol–water partition coefficient (Wildman–Crippen LogP) is 6.78. The lowest BCUT2D eigenvalue weighted by atomic mass is 9.52. The Labute approximate surface area is 308 Å². The first-order valence-electron chi connectivity index (χ1n) is 17.4. The van der Waals surface area contributed by atoms with Gasteiger partial charge in [0.15, 0.2) is 0 Å². The number of hydrogen-bond acceptors (Lipinski definition) is 8. The lowest BCUT2D eigenvalue weighted by molar-refractivity contribution is -0.141. The highest BCUT2D eigenvalue weighted by molar-refractivity contribution is 7.22. The molecule has 3 aromatic heterocycles. The van der Waals surface area contributed by atoms with Crippen LogP contribution in [0.2, 0.25) is 5.02 Å². The van der Waals surface area contributed by atoms with E-state index in [9.17, 15) is 24.3 Å². The molecular formula is C40H35ClN4O6S. The highest BCUT2D eigenvalue weighted by Gasteiger charge is 2.68. The number of furan rings is 1. The van der Waals surface area contributed by atoms with Crippen LogP contribution in [-0.4, -0.2) is 43.4 Å². The number of likely N-dealkylation sites (tertiary alicyclic amines) is 1. The topological polar surface area (TPSA) is 126 Å². The first kappa shape index (κ1) is 33.0. The van der Waals surface area contributed by atoms with Crippen molar-refractivity contribution in [3.8, 4) is 10.6 Å². The fourth-order valence-corrected chi connectivity index (χ4v) is 10.7. The van der Waals surface area contributed by atoms with Crippen molar-refractivity contribution < 1.29 is 28.7 Å². The number of nitrogens with zero attached hydrogens (tertiary/aromatic N) is 4. The van der Waals surface area contributed by atoms with Gasteiger partial charge in [0.25, 0.3) is 0 Å². The highest BCUT2D eigenvalue weighted by atomic mass is 35.5. The zero-order valence-corrected chi connectivity index (χ0v) is 30.3. The molecule has 5 heterocycles. The fraction of sp³-hybridized carbons (Fsp3) is 0.325. The van der Waals surface area contributed by atoms with Crippen LogP contribution in [0.1, 0.15) is 48.3 Å². The molecule has 4 aliphatic rings. The summed E-state index contributed by atoms with van der Waals surface area (Å²) in [5.74, 6) is -3.30. The molecule has 264 valence electrons. The van der Waals surface area contributed by atoms with Crippen molar-refractivity contribution in [3.63, 3.8) is 0 Å². The molecule has 10 nitrogen and oxygen atoms in total. The van der Waals surface area contributed by atoms with Crippen LogP contribution in [0.25, 0.3) is 20.7 Å².